The maximum absolute atomic E-state index is 4.51. The zero-order valence-electron chi connectivity index (χ0n) is 26.5. The maximum atomic E-state index is 4.51. The molecular formula is C46H32N2. The van der Waals surface area contributed by atoms with Crippen LogP contribution < -0.4 is 0 Å². The van der Waals surface area contributed by atoms with Gasteiger partial charge in [0.15, 0.2) is 0 Å². The van der Waals surface area contributed by atoms with Gasteiger partial charge < -0.3 is 9.13 Å². The molecule has 0 N–H and O–H groups in total. The quantitative estimate of drug-likeness (QED) is 0.177. The van der Waals surface area contributed by atoms with Crippen molar-refractivity contribution < 1.29 is 0 Å². The summed E-state index contributed by atoms with van der Waals surface area (Å²) < 4.78 is 4.68. The van der Waals surface area contributed by atoms with Crippen molar-refractivity contribution in [2.75, 3.05) is 0 Å². The predicted molar refractivity (Wildman–Crippen MR) is 204 cm³/mol. The summed E-state index contributed by atoms with van der Waals surface area (Å²) in [6, 6.07) is 60.5. The Morgan fingerprint density at radius 3 is 0.958 bits per heavy atom. The molecule has 2 heteroatoms. The molecule has 0 aliphatic rings. The Kier molecular flexibility index (Phi) is 6.48. The second-order valence-electron chi connectivity index (χ2n) is 12.4. The summed E-state index contributed by atoms with van der Waals surface area (Å²) in [6.07, 6.45) is 0. The first kappa shape index (κ1) is 27.9. The summed E-state index contributed by atoms with van der Waals surface area (Å²) in [5, 5.41) is 5.06. The van der Waals surface area contributed by atoms with Gasteiger partial charge in [0.05, 0.1) is 22.1 Å². The van der Waals surface area contributed by atoms with Crippen LogP contribution >= 0.6 is 0 Å². The fourth-order valence-electron chi connectivity index (χ4n) is 7.25. The molecule has 0 radical (unpaired) electrons. The number of hydrogen-bond acceptors (Lipinski definition) is 0. The van der Waals surface area contributed by atoms with Crippen LogP contribution in [-0.4, -0.2) is 9.13 Å². The van der Waals surface area contributed by atoms with E-state index in [0.717, 1.165) is 44.8 Å². The van der Waals surface area contributed by atoms with Gasteiger partial charge in [-0.3, -0.25) is 0 Å². The molecule has 0 fully saturated rings. The molecule has 0 saturated carbocycles. The molecule has 0 atom stereocenters. The predicted octanol–water partition coefficient (Wildman–Crippen LogP) is 12.0. The first-order valence-corrected chi connectivity index (χ1v) is 16.3. The molecule has 0 bridgehead atoms. The lowest BCUT2D eigenvalue weighted by Gasteiger charge is -2.13. The molecule has 0 saturated heterocycles. The molecule has 2 heterocycles. The molecule has 0 aliphatic carbocycles. The molecule has 2 nitrogen and oxygen atoms in total. The summed E-state index contributed by atoms with van der Waals surface area (Å²) >= 11 is 0. The summed E-state index contributed by atoms with van der Waals surface area (Å²) in [4.78, 5) is 0. The topological polar surface area (TPSA) is 9.86 Å². The second kappa shape index (κ2) is 11.2. The van der Waals surface area contributed by atoms with Crippen molar-refractivity contribution in [1.82, 2.24) is 9.13 Å². The summed E-state index contributed by atoms with van der Waals surface area (Å²) in [6.45, 7) is 9.02. The van der Waals surface area contributed by atoms with E-state index in [1.54, 1.807) is 0 Å². The summed E-state index contributed by atoms with van der Waals surface area (Å²) in [7, 11) is 0. The first-order chi connectivity index (χ1) is 23.7. The van der Waals surface area contributed by atoms with Gasteiger partial charge in [0.2, 0.25) is 0 Å². The van der Waals surface area contributed by atoms with Gasteiger partial charge in [0, 0.05) is 32.9 Å². The van der Waals surface area contributed by atoms with Crippen LogP contribution in [0.15, 0.2) is 183 Å². The molecule has 0 amide bonds. The van der Waals surface area contributed by atoms with E-state index < -0.39 is 0 Å². The van der Waals surface area contributed by atoms with Crippen molar-refractivity contribution in [2.45, 2.75) is 0 Å². The lowest BCUT2D eigenvalue weighted by atomic mass is 9.93. The third kappa shape index (κ3) is 4.42. The molecule has 7 aromatic carbocycles. The SMILES string of the molecule is C=C(c1ccc(-n2c3ccccc3c3ccccc32)cc1)c1cccc(C(=C)c2ccc(-n3c4ccccc4c4ccccc43)cc2)c1. The summed E-state index contributed by atoms with van der Waals surface area (Å²) in [5.74, 6) is 0. The third-order valence-electron chi connectivity index (χ3n) is 9.67. The summed E-state index contributed by atoms with van der Waals surface area (Å²) in [5.41, 5.74) is 13.4. The average molecular weight is 613 g/mol. The van der Waals surface area contributed by atoms with Gasteiger partial charge in [-0.1, -0.05) is 128 Å². The van der Waals surface area contributed by atoms with E-state index in [2.05, 4.69) is 192 Å². The molecule has 9 aromatic rings. The zero-order valence-corrected chi connectivity index (χ0v) is 26.5. The van der Waals surface area contributed by atoms with Gasteiger partial charge in [-0.15, -0.1) is 0 Å². The van der Waals surface area contributed by atoms with Crippen molar-refractivity contribution in [1.29, 1.82) is 0 Å². The van der Waals surface area contributed by atoms with Gasteiger partial charge >= 0.3 is 0 Å². The number of benzene rings is 7. The van der Waals surface area contributed by atoms with Crippen LogP contribution in [-0.2, 0) is 0 Å². The van der Waals surface area contributed by atoms with Crippen molar-refractivity contribution in [2.24, 2.45) is 0 Å². The van der Waals surface area contributed by atoms with Gasteiger partial charge in [0.25, 0.3) is 0 Å². The molecule has 226 valence electrons. The Hall–Kier alpha value is -6.38. The monoisotopic (exact) mass is 612 g/mol. The highest BCUT2D eigenvalue weighted by molar-refractivity contribution is 6.10. The Balaban J connectivity index is 1.00. The number of hydrogen-bond donors (Lipinski definition) is 0. The van der Waals surface area contributed by atoms with Crippen LogP contribution in [0.25, 0.3) is 66.1 Å². The lowest BCUT2D eigenvalue weighted by molar-refractivity contribution is 1.18. The Morgan fingerprint density at radius 1 is 0.312 bits per heavy atom. The molecule has 0 aliphatic heterocycles. The van der Waals surface area contributed by atoms with Crippen molar-refractivity contribution in [3.8, 4) is 11.4 Å². The van der Waals surface area contributed by atoms with Crippen LogP contribution in [0.1, 0.15) is 22.3 Å². The van der Waals surface area contributed by atoms with Gasteiger partial charge in [-0.25, -0.2) is 0 Å². The minimum Gasteiger partial charge on any atom is -0.309 e. The number of rotatable bonds is 6. The fraction of sp³-hybridized carbons (Fsp3) is 0. The minimum atomic E-state index is 0.986. The van der Waals surface area contributed by atoms with Crippen LogP contribution in [0.2, 0.25) is 0 Å². The number of nitrogens with zero attached hydrogens (tertiary/aromatic N) is 2. The lowest BCUT2D eigenvalue weighted by Crippen LogP contribution is -1.96. The maximum Gasteiger partial charge on any atom is 0.0541 e. The van der Waals surface area contributed by atoms with E-state index >= 15 is 0 Å². The van der Waals surface area contributed by atoms with E-state index in [-0.39, 0.29) is 0 Å². The van der Waals surface area contributed by atoms with Gasteiger partial charge in [-0.2, -0.15) is 0 Å². The largest absolute Gasteiger partial charge is 0.309 e. The van der Waals surface area contributed by atoms with Crippen LogP contribution in [0.4, 0.5) is 0 Å². The average Bonchev–Trinajstić information content (AvgIpc) is 3.68. The van der Waals surface area contributed by atoms with Crippen molar-refractivity contribution >= 4 is 54.8 Å². The highest BCUT2D eigenvalue weighted by atomic mass is 15.0. The van der Waals surface area contributed by atoms with Crippen LogP contribution in [0.5, 0.6) is 0 Å². The van der Waals surface area contributed by atoms with E-state index in [1.165, 1.54) is 43.6 Å². The van der Waals surface area contributed by atoms with Crippen LogP contribution in [0.3, 0.4) is 0 Å². The number of fused-ring (bicyclic) bond motifs is 6. The Labute approximate surface area is 279 Å². The Bertz CT molecular complexity index is 2390. The zero-order chi connectivity index (χ0) is 32.2. The van der Waals surface area contributed by atoms with Crippen molar-refractivity contribution in [3.05, 3.63) is 205 Å². The van der Waals surface area contributed by atoms with E-state index in [1.807, 2.05) is 0 Å². The van der Waals surface area contributed by atoms with E-state index in [4.69, 9.17) is 0 Å². The van der Waals surface area contributed by atoms with E-state index in [9.17, 15) is 0 Å². The highest BCUT2D eigenvalue weighted by Crippen LogP contribution is 2.35. The number of para-hydroxylation sites is 4. The molecule has 2 aromatic heterocycles. The molecule has 0 spiro atoms. The smallest absolute Gasteiger partial charge is 0.0541 e. The minimum absolute atomic E-state index is 0.986. The second-order valence-corrected chi connectivity index (χ2v) is 12.4. The third-order valence-corrected chi connectivity index (χ3v) is 9.67. The first-order valence-electron chi connectivity index (χ1n) is 16.3. The highest BCUT2D eigenvalue weighted by Gasteiger charge is 2.14. The molecule has 48 heavy (non-hydrogen) atoms. The van der Waals surface area contributed by atoms with Crippen molar-refractivity contribution in [3.63, 3.8) is 0 Å². The fourth-order valence-corrected chi connectivity index (χ4v) is 7.25. The van der Waals surface area contributed by atoms with Crippen LogP contribution in [0, 0.1) is 0 Å². The Morgan fingerprint density at radius 2 is 0.625 bits per heavy atom. The molecule has 9 rings (SSSR count). The van der Waals surface area contributed by atoms with Gasteiger partial charge in [-0.05, 0) is 88.0 Å². The standard InChI is InChI=1S/C46H32N2/c1-31(33-22-26-37(27-23-33)47-43-18-7-3-14-39(43)40-15-4-8-19-44(40)47)35-12-11-13-36(30-35)32(2)34-24-28-38(29-25-34)48-45-20-9-5-16-41(45)42-17-6-10-21-46(42)48/h3-30H,1-2H2. The molecule has 0 unspecified atom stereocenters. The van der Waals surface area contributed by atoms with E-state index in [0.29, 0.717) is 0 Å². The molecular weight excluding hydrogens is 581 g/mol. The normalized spacial score (nSPS) is 11.5. The number of aromatic nitrogens is 2. The van der Waals surface area contributed by atoms with Gasteiger partial charge in [0.1, 0.15) is 0 Å².